The fraction of sp³-hybridized carbons (Fsp3) is 0.235. The fourth-order valence-corrected chi connectivity index (χ4v) is 2.24. The predicted molar refractivity (Wildman–Crippen MR) is 79.7 cm³/mol. The normalized spacial score (nSPS) is 11.9. The summed E-state index contributed by atoms with van der Waals surface area (Å²) in [6, 6.07) is 8.08. The topological polar surface area (TPSA) is 35.8 Å². The Kier molecular flexibility index (Phi) is 4.97. The van der Waals surface area contributed by atoms with Crippen molar-refractivity contribution in [1.29, 1.82) is 5.26 Å². The van der Waals surface area contributed by atoms with Crippen LogP contribution in [0.2, 0.25) is 0 Å². The molecule has 0 unspecified atom stereocenters. The second kappa shape index (κ2) is 6.67. The number of benzene rings is 2. The number of hydrogen-bond donors (Lipinski definition) is 1. The summed E-state index contributed by atoms with van der Waals surface area (Å²) in [6.45, 7) is 1.36. The molecule has 2 nitrogen and oxygen atoms in total. The Morgan fingerprint density at radius 3 is 2.20 bits per heavy atom. The van der Waals surface area contributed by atoms with Crippen molar-refractivity contribution in [1.82, 2.24) is 0 Å². The van der Waals surface area contributed by atoms with Crippen molar-refractivity contribution in [2.24, 2.45) is 0 Å². The van der Waals surface area contributed by atoms with Crippen molar-refractivity contribution in [3.8, 4) is 6.07 Å². The molecular weight excluding hydrogens is 346 g/mol. The number of halogens is 6. The number of nitrogens with zero attached hydrogens (tertiary/aromatic N) is 1. The lowest BCUT2D eigenvalue weighted by atomic mass is 10.0. The SMILES string of the molecule is Cc1ccc(C#N)cc1NCc1ccc(C(F)(F)F)cc1C(F)(F)F. The molecule has 0 aliphatic heterocycles. The summed E-state index contributed by atoms with van der Waals surface area (Å²) in [5.41, 5.74) is -1.57. The Hall–Kier alpha value is -2.69. The largest absolute Gasteiger partial charge is 0.416 e. The van der Waals surface area contributed by atoms with Crippen LogP contribution in [0.25, 0.3) is 0 Å². The quantitative estimate of drug-likeness (QED) is 0.734. The number of anilines is 1. The smallest absolute Gasteiger partial charge is 0.381 e. The summed E-state index contributed by atoms with van der Waals surface area (Å²) in [4.78, 5) is 0. The maximum atomic E-state index is 13.1. The highest BCUT2D eigenvalue weighted by Crippen LogP contribution is 2.37. The standard InChI is InChI=1S/C17H12F6N2/c1-10-2-3-11(8-24)6-15(10)25-9-12-4-5-13(16(18,19)20)7-14(12)17(21,22)23/h2-7,25H,9H2,1H3. The molecule has 0 bridgehead atoms. The minimum atomic E-state index is -4.91. The van der Waals surface area contributed by atoms with E-state index < -0.39 is 23.5 Å². The molecule has 8 heteroatoms. The van der Waals surface area contributed by atoms with Gasteiger partial charge in [0.25, 0.3) is 0 Å². The highest BCUT2D eigenvalue weighted by molar-refractivity contribution is 5.55. The molecule has 2 aromatic rings. The van der Waals surface area contributed by atoms with Crippen molar-refractivity contribution in [3.05, 3.63) is 64.2 Å². The zero-order valence-electron chi connectivity index (χ0n) is 12.9. The van der Waals surface area contributed by atoms with E-state index in [4.69, 9.17) is 5.26 Å². The van der Waals surface area contributed by atoms with Gasteiger partial charge in [-0.15, -0.1) is 0 Å². The molecule has 0 radical (unpaired) electrons. The van der Waals surface area contributed by atoms with E-state index in [0.29, 0.717) is 22.9 Å². The zero-order valence-corrected chi connectivity index (χ0v) is 12.9. The lowest BCUT2D eigenvalue weighted by Crippen LogP contribution is -2.15. The highest BCUT2D eigenvalue weighted by atomic mass is 19.4. The van der Waals surface area contributed by atoms with Crippen molar-refractivity contribution in [2.75, 3.05) is 5.32 Å². The minimum Gasteiger partial charge on any atom is -0.381 e. The Balaban J connectivity index is 2.35. The van der Waals surface area contributed by atoms with Gasteiger partial charge in [-0.25, -0.2) is 0 Å². The molecule has 25 heavy (non-hydrogen) atoms. The zero-order chi connectivity index (χ0) is 18.8. The fourth-order valence-electron chi connectivity index (χ4n) is 2.24. The molecule has 0 aliphatic carbocycles. The average Bonchev–Trinajstić information content (AvgIpc) is 2.52. The van der Waals surface area contributed by atoms with Gasteiger partial charge in [0.1, 0.15) is 0 Å². The molecule has 0 fully saturated rings. The second-order valence-electron chi connectivity index (χ2n) is 5.36. The molecule has 0 saturated carbocycles. The monoisotopic (exact) mass is 358 g/mol. The van der Waals surface area contributed by atoms with Gasteiger partial charge in [0.15, 0.2) is 0 Å². The molecule has 0 saturated heterocycles. The third-order valence-corrected chi connectivity index (χ3v) is 3.58. The summed E-state index contributed by atoms with van der Waals surface area (Å²) in [5.74, 6) is 0. The first-order chi connectivity index (χ1) is 11.5. The van der Waals surface area contributed by atoms with E-state index in [1.165, 1.54) is 6.07 Å². The number of aryl methyl sites for hydroxylation is 1. The highest BCUT2D eigenvalue weighted by Gasteiger charge is 2.37. The van der Waals surface area contributed by atoms with Gasteiger partial charge in [0, 0.05) is 12.2 Å². The molecular formula is C17H12F6N2. The lowest BCUT2D eigenvalue weighted by Gasteiger charge is -2.17. The van der Waals surface area contributed by atoms with Crippen molar-refractivity contribution >= 4 is 5.69 Å². The third kappa shape index (κ3) is 4.44. The summed E-state index contributed by atoms with van der Waals surface area (Å²) >= 11 is 0. The van der Waals surface area contributed by atoms with E-state index in [1.54, 1.807) is 19.1 Å². The van der Waals surface area contributed by atoms with Gasteiger partial charge in [-0.3, -0.25) is 0 Å². The van der Waals surface area contributed by atoms with Crippen molar-refractivity contribution in [2.45, 2.75) is 25.8 Å². The molecule has 2 rings (SSSR count). The van der Waals surface area contributed by atoms with Gasteiger partial charge in [-0.2, -0.15) is 31.6 Å². The molecule has 0 aliphatic rings. The van der Waals surface area contributed by atoms with E-state index in [9.17, 15) is 26.3 Å². The number of hydrogen-bond acceptors (Lipinski definition) is 2. The van der Waals surface area contributed by atoms with Gasteiger partial charge in [0.05, 0.1) is 22.8 Å². The van der Waals surface area contributed by atoms with Gasteiger partial charge in [0.2, 0.25) is 0 Å². The van der Waals surface area contributed by atoms with Crippen LogP contribution in [0.5, 0.6) is 0 Å². The van der Waals surface area contributed by atoms with Gasteiger partial charge in [-0.05, 0) is 42.3 Å². The first-order valence-electron chi connectivity index (χ1n) is 7.04. The van der Waals surface area contributed by atoms with E-state index in [-0.39, 0.29) is 18.2 Å². The molecule has 0 aromatic heterocycles. The summed E-state index contributed by atoms with van der Waals surface area (Å²) in [6.07, 6.45) is -9.77. The van der Waals surface area contributed by atoms with E-state index in [1.807, 2.05) is 6.07 Å². The van der Waals surface area contributed by atoms with Crippen LogP contribution < -0.4 is 5.32 Å². The van der Waals surface area contributed by atoms with Gasteiger partial charge in [-0.1, -0.05) is 12.1 Å². The third-order valence-electron chi connectivity index (χ3n) is 3.58. The Morgan fingerprint density at radius 1 is 0.960 bits per heavy atom. The van der Waals surface area contributed by atoms with Crippen molar-refractivity contribution < 1.29 is 26.3 Å². The molecule has 2 aromatic carbocycles. The van der Waals surface area contributed by atoms with Crippen LogP contribution in [0.3, 0.4) is 0 Å². The first-order valence-corrected chi connectivity index (χ1v) is 7.04. The van der Waals surface area contributed by atoms with Gasteiger partial charge >= 0.3 is 12.4 Å². The average molecular weight is 358 g/mol. The van der Waals surface area contributed by atoms with Crippen LogP contribution in [0.1, 0.15) is 27.8 Å². The van der Waals surface area contributed by atoms with E-state index >= 15 is 0 Å². The first kappa shape index (κ1) is 18.6. The molecule has 1 N–H and O–H groups in total. The van der Waals surface area contributed by atoms with Crippen LogP contribution in [0.15, 0.2) is 36.4 Å². The summed E-state index contributed by atoms with van der Waals surface area (Å²) in [5, 5.41) is 11.6. The number of rotatable bonds is 3. The van der Waals surface area contributed by atoms with Crippen LogP contribution in [-0.2, 0) is 18.9 Å². The Morgan fingerprint density at radius 2 is 1.64 bits per heavy atom. The van der Waals surface area contributed by atoms with E-state index in [0.717, 1.165) is 6.07 Å². The Labute approximate surface area is 139 Å². The van der Waals surface area contributed by atoms with Crippen LogP contribution >= 0.6 is 0 Å². The van der Waals surface area contributed by atoms with Crippen molar-refractivity contribution in [3.63, 3.8) is 0 Å². The minimum absolute atomic E-state index is 0.107. The van der Waals surface area contributed by atoms with E-state index in [2.05, 4.69) is 5.32 Å². The molecule has 0 heterocycles. The maximum Gasteiger partial charge on any atom is 0.416 e. The lowest BCUT2D eigenvalue weighted by molar-refractivity contribution is -0.143. The molecule has 0 atom stereocenters. The summed E-state index contributed by atoms with van der Waals surface area (Å²) < 4.78 is 77.3. The molecule has 0 amide bonds. The Bertz CT molecular complexity index is 815. The molecule has 0 spiro atoms. The summed E-state index contributed by atoms with van der Waals surface area (Å²) in [7, 11) is 0. The van der Waals surface area contributed by atoms with Gasteiger partial charge < -0.3 is 5.32 Å². The number of alkyl halides is 6. The van der Waals surface area contributed by atoms with Crippen LogP contribution in [0.4, 0.5) is 32.0 Å². The number of nitriles is 1. The van der Waals surface area contributed by atoms with Crippen LogP contribution in [0, 0.1) is 18.3 Å². The maximum absolute atomic E-state index is 13.1. The van der Waals surface area contributed by atoms with Crippen LogP contribution in [-0.4, -0.2) is 0 Å². The second-order valence-corrected chi connectivity index (χ2v) is 5.36. The molecule has 132 valence electrons. The predicted octanol–water partition coefficient (Wildman–Crippen LogP) is 5.52. The number of nitrogens with one attached hydrogen (secondary N) is 1.